The van der Waals surface area contributed by atoms with Crippen LogP contribution in [0.5, 0.6) is 5.75 Å². The van der Waals surface area contributed by atoms with Crippen molar-refractivity contribution >= 4 is 22.7 Å². The maximum atomic E-state index is 13.2. The average molecular weight is 532 g/mol. The first-order valence-corrected chi connectivity index (χ1v) is 13.8. The molecule has 39 heavy (non-hydrogen) atoms. The van der Waals surface area contributed by atoms with Crippen molar-refractivity contribution < 1.29 is 19.5 Å². The van der Waals surface area contributed by atoms with E-state index in [1.165, 1.54) is 6.42 Å². The molecule has 1 aromatic heterocycles. The molecule has 0 radical (unpaired) electrons. The molecule has 2 aliphatic rings. The lowest BCUT2D eigenvalue weighted by Gasteiger charge is -2.39. The highest BCUT2D eigenvalue weighted by Crippen LogP contribution is 2.24. The van der Waals surface area contributed by atoms with E-state index in [0.717, 1.165) is 54.6 Å². The molecule has 3 atom stereocenters. The normalized spacial score (nSPS) is 21.5. The molecule has 9 heteroatoms. The van der Waals surface area contributed by atoms with E-state index in [0.29, 0.717) is 30.5 Å². The van der Waals surface area contributed by atoms with Crippen LogP contribution < -0.4 is 20.9 Å². The number of fused-ring (bicyclic) bond motifs is 1. The van der Waals surface area contributed by atoms with Crippen molar-refractivity contribution in [2.24, 2.45) is 5.92 Å². The Balaban J connectivity index is 1.21. The van der Waals surface area contributed by atoms with Crippen LogP contribution in [0.1, 0.15) is 47.3 Å². The van der Waals surface area contributed by atoms with Gasteiger partial charge in [0, 0.05) is 53.8 Å². The van der Waals surface area contributed by atoms with Crippen LogP contribution in [0.15, 0.2) is 54.6 Å². The summed E-state index contributed by atoms with van der Waals surface area (Å²) in [5, 5.41) is 16.8. The molecule has 3 heterocycles. The molecule has 0 saturated carbocycles. The molecule has 0 bridgehead atoms. The third-order valence-corrected chi connectivity index (χ3v) is 7.81. The van der Waals surface area contributed by atoms with Gasteiger partial charge in [-0.05, 0) is 81.6 Å². The van der Waals surface area contributed by atoms with E-state index >= 15 is 0 Å². The van der Waals surface area contributed by atoms with Gasteiger partial charge in [0.15, 0.2) is 0 Å². The molecule has 2 aliphatic heterocycles. The number of rotatable bonds is 9. The van der Waals surface area contributed by atoms with Gasteiger partial charge in [-0.1, -0.05) is 18.2 Å². The Hall–Kier alpha value is -3.53. The first kappa shape index (κ1) is 27.1. The van der Waals surface area contributed by atoms with Gasteiger partial charge in [-0.15, -0.1) is 0 Å². The Bertz CT molecular complexity index is 1290. The van der Waals surface area contributed by atoms with Crippen molar-refractivity contribution in [1.29, 1.82) is 0 Å². The lowest BCUT2D eigenvalue weighted by atomic mass is 9.88. The van der Waals surface area contributed by atoms with Gasteiger partial charge in [-0.25, -0.2) is 5.48 Å². The van der Waals surface area contributed by atoms with Gasteiger partial charge in [-0.3, -0.25) is 24.7 Å². The Labute approximate surface area is 228 Å². The molecule has 9 nitrogen and oxygen atoms in total. The topological polar surface area (TPSA) is 116 Å². The molecule has 206 valence electrons. The number of likely N-dealkylation sites (tertiary alicyclic amines) is 1. The number of hydroxylamine groups is 1. The van der Waals surface area contributed by atoms with Crippen LogP contribution in [-0.2, 0) is 11.4 Å². The van der Waals surface area contributed by atoms with E-state index in [9.17, 15) is 9.59 Å². The van der Waals surface area contributed by atoms with Crippen molar-refractivity contribution in [2.45, 2.75) is 51.3 Å². The van der Waals surface area contributed by atoms with Crippen molar-refractivity contribution in [2.75, 3.05) is 26.2 Å². The minimum absolute atomic E-state index is 0.0462. The predicted octanol–water partition coefficient (Wildman–Crippen LogP) is 3.19. The lowest BCUT2D eigenvalue weighted by Crippen LogP contribution is -2.55. The number of hydrogen-bond acceptors (Lipinski definition) is 7. The third-order valence-electron chi connectivity index (χ3n) is 7.81. The standard InChI is InChI=1S/C30H37N5O4/c1-20-15-23(26-6-2-3-7-27(26)32-20)19-39-25-10-8-21(9-11-25)30(37)33-28-18-35(17-24-5-4-13-31-24)14-12-22(28)16-29(36)34-38/h2-3,6-11,15,22,24,28,31,38H,4-5,12-14,16-19H2,1H3,(H,33,37)(H,34,36)/t22-,24+,28+/m0/s1. The van der Waals surface area contributed by atoms with Crippen LogP contribution in [-0.4, -0.2) is 65.2 Å². The predicted molar refractivity (Wildman–Crippen MR) is 149 cm³/mol. The summed E-state index contributed by atoms with van der Waals surface area (Å²) < 4.78 is 6.05. The number of carbonyl (C=O) groups is 2. The second-order valence-corrected chi connectivity index (χ2v) is 10.7. The number of pyridine rings is 1. The largest absolute Gasteiger partial charge is 0.489 e. The van der Waals surface area contributed by atoms with Crippen LogP contribution >= 0.6 is 0 Å². The van der Waals surface area contributed by atoms with Gasteiger partial charge in [0.05, 0.1) is 5.52 Å². The fourth-order valence-corrected chi connectivity index (χ4v) is 5.78. The summed E-state index contributed by atoms with van der Waals surface area (Å²) in [5.41, 5.74) is 5.22. The molecule has 4 N–H and O–H groups in total. The monoisotopic (exact) mass is 531 g/mol. The van der Waals surface area contributed by atoms with Crippen LogP contribution in [0.25, 0.3) is 10.9 Å². The number of benzene rings is 2. The van der Waals surface area contributed by atoms with Crippen LogP contribution in [0.4, 0.5) is 0 Å². The van der Waals surface area contributed by atoms with E-state index < -0.39 is 5.91 Å². The van der Waals surface area contributed by atoms with Crippen LogP contribution in [0.3, 0.4) is 0 Å². The van der Waals surface area contributed by atoms with Crippen molar-refractivity contribution in [1.82, 2.24) is 26.0 Å². The van der Waals surface area contributed by atoms with Gasteiger partial charge < -0.3 is 15.4 Å². The molecule has 2 aromatic carbocycles. The minimum Gasteiger partial charge on any atom is -0.489 e. The molecule has 0 spiro atoms. The van der Waals surface area contributed by atoms with Crippen molar-refractivity contribution in [3.05, 3.63) is 71.4 Å². The van der Waals surface area contributed by atoms with Gasteiger partial charge in [0.1, 0.15) is 12.4 Å². The zero-order valence-corrected chi connectivity index (χ0v) is 22.4. The van der Waals surface area contributed by atoms with Crippen LogP contribution in [0.2, 0.25) is 0 Å². The number of piperidine rings is 1. The summed E-state index contributed by atoms with van der Waals surface area (Å²) in [7, 11) is 0. The number of carbonyl (C=O) groups excluding carboxylic acids is 2. The van der Waals surface area contributed by atoms with Gasteiger partial charge >= 0.3 is 0 Å². The Kier molecular flexibility index (Phi) is 8.71. The molecule has 2 fully saturated rings. The summed E-state index contributed by atoms with van der Waals surface area (Å²) in [4.78, 5) is 32.1. The zero-order chi connectivity index (χ0) is 27.2. The maximum Gasteiger partial charge on any atom is 0.251 e. The summed E-state index contributed by atoms with van der Waals surface area (Å²) in [6, 6.07) is 17.5. The summed E-state index contributed by atoms with van der Waals surface area (Å²) in [6.07, 6.45) is 3.31. The first-order valence-electron chi connectivity index (χ1n) is 13.8. The van der Waals surface area contributed by atoms with E-state index in [2.05, 4.69) is 20.5 Å². The number of hydrogen-bond donors (Lipinski definition) is 4. The average Bonchev–Trinajstić information content (AvgIpc) is 3.46. The molecular formula is C30H37N5O4. The van der Waals surface area contributed by atoms with E-state index in [1.54, 1.807) is 29.7 Å². The minimum atomic E-state index is -0.427. The SMILES string of the molecule is Cc1cc(COc2ccc(C(=O)N[C@@H]3CN(C[C@H]4CCCN4)CC[C@H]3CC(=O)NO)cc2)c2ccccc2n1. The van der Waals surface area contributed by atoms with Gasteiger partial charge in [-0.2, -0.15) is 0 Å². The molecule has 2 amide bonds. The molecule has 5 rings (SSSR count). The van der Waals surface area contributed by atoms with E-state index in [-0.39, 0.29) is 24.3 Å². The number of ether oxygens (including phenoxy) is 1. The number of amides is 2. The first-order chi connectivity index (χ1) is 19.0. The van der Waals surface area contributed by atoms with E-state index in [1.807, 2.05) is 37.3 Å². The summed E-state index contributed by atoms with van der Waals surface area (Å²) in [5.74, 6) is 0.0204. The number of aromatic nitrogens is 1. The molecular weight excluding hydrogens is 494 g/mol. The van der Waals surface area contributed by atoms with E-state index in [4.69, 9.17) is 9.94 Å². The van der Waals surface area contributed by atoms with Crippen LogP contribution in [0, 0.1) is 12.8 Å². The Morgan fingerprint density at radius 1 is 1.15 bits per heavy atom. The number of nitrogens with one attached hydrogen (secondary N) is 3. The lowest BCUT2D eigenvalue weighted by molar-refractivity contribution is -0.130. The van der Waals surface area contributed by atoms with Gasteiger partial charge in [0.25, 0.3) is 5.91 Å². The molecule has 0 unspecified atom stereocenters. The molecule has 2 saturated heterocycles. The zero-order valence-electron chi connectivity index (χ0n) is 22.4. The molecule has 0 aliphatic carbocycles. The Morgan fingerprint density at radius 3 is 2.74 bits per heavy atom. The Morgan fingerprint density at radius 2 is 1.97 bits per heavy atom. The summed E-state index contributed by atoms with van der Waals surface area (Å²) >= 11 is 0. The fourth-order valence-electron chi connectivity index (χ4n) is 5.78. The highest BCUT2D eigenvalue weighted by atomic mass is 16.5. The molecule has 3 aromatic rings. The van der Waals surface area contributed by atoms with Crippen molar-refractivity contribution in [3.8, 4) is 5.75 Å². The summed E-state index contributed by atoms with van der Waals surface area (Å²) in [6.45, 7) is 5.90. The highest BCUT2D eigenvalue weighted by molar-refractivity contribution is 5.94. The number of nitrogens with zero attached hydrogens (tertiary/aromatic N) is 2. The smallest absolute Gasteiger partial charge is 0.251 e. The quantitative estimate of drug-likeness (QED) is 0.248. The fraction of sp³-hybridized carbons (Fsp3) is 0.433. The number of aryl methyl sites for hydroxylation is 1. The second-order valence-electron chi connectivity index (χ2n) is 10.7. The number of para-hydroxylation sites is 1. The van der Waals surface area contributed by atoms with Gasteiger partial charge in [0.2, 0.25) is 5.91 Å². The third kappa shape index (κ3) is 6.92. The highest BCUT2D eigenvalue weighted by Gasteiger charge is 2.33. The maximum absolute atomic E-state index is 13.2. The van der Waals surface area contributed by atoms with Crippen molar-refractivity contribution in [3.63, 3.8) is 0 Å². The second kappa shape index (κ2) is 12.5.